The van der Waals surface area contributed by atoms with E-state index in [1.54, 1.807) is 0 Å². The maximum absolute atomic E-state index is 6.38. The van der Waals surface area contributed by atoms with E-state index in [9.17, 15) is 0 Å². The van der Waals surface area contributed by atoms with Crippen LogP contribution in [0.4, 0.5) is 0 Å². The van der Waals surface area contributed by atoms with Gasteiger partial charge in [-0.1, -0.05) is 36.4 Å². The summed E-state index contributed by atoms with van der Waals surface area (Å²) >= 11 is 0. The first-order valence-electron chi connectivity index (χ1n) is 6.10. The second-order valence-corrected chi connectivity index (χ2v) is 4.63. The maximum atomic E-state index is 6.38. The quantitative estimate of drug-likeness (QED) is 0.852. The Morgan fingerprint density at radius 3 is 2.76 bits per heavy atom. The minimum absolute atomic E-state index is 0.0624. The molecule has 0 saturated carbocycles. The largest absolute Gasteiger partial charge is 0.323 e. The monoisotopic (exact) mass is 224 g/mol. The molecule has 0 saturated heterocycles. The Morgan fingerprint density at radius 2 is 1.94 bits per heavy atom. The molecule has 1 aliphatic rings. The van der Waals surface area contributed by atoms with Crippen LogP contribution in [-0.2, 0) is 6.42 Å². The van der Waals surface area contributed by atoms with Gasteiger partial charge < -0.3 is 5.73 Å². The summed E-state index contributed by atoms with van der Waals surface area (Å²) < 4.78 is 0. The molecule has 2 aromatic rings. The van der Waals surface area contributed by atoms with Crippen molar-refractivity contribution in [3.63, 3.8) is 0 Å². The number of benzene rings is 1. The van der Waals surface area contributed by atoms with Crippen LogP contribution < -0.4 is 5.73 Å². The first-order valence-corrected chi connectivity index (χ1v) is 6.10. The van der Waals surface area contributed by atoms with Crippen LogP contribution >= 0.6 is 0 Å². The molecule has 1 aromatic carbocycles. The standard InChI is InChI=1S/C15H16N2/c16-14(11-5-2-1-3-6-11)13-9-8-12-7-4-10-17-15(12)13/h1-7,10,13-14H,8-9,16H2. The molecule has 0 aliphatic heterocycles. The van der Waals surface area contributed by atoms with Crippen LogP contribution in [0, 0.1) is 0 Å². The fourth-order valence-electron chi connectivity index (χ4n) is 2.70. The van der Waals surface area contributed by atoms with Gasteiger partial charge in [0.05, 0.1) is 0 Å². The van der Waals surface area contributed by atoms with E-state index in [1.165, 1.54) is 16.8 Å². The van der Waals surface area contributed by atoms with Crippen molar-refractivity contribution in [2.45, 2.75) is 24.8 Å². The zero-order valence-corrected chi connectivity index (χ0v) is 9.71. The van der Waals surface area contributed by atoms with Gasteiger partial charge in [-0.2, -0.15) is 0 Å². The molecule has 1 heterocycles. The number of aryl methyl sites for hydroxylation is 1. The van der Waals surface area contributed by atoms with Gasteiger partial charge in [0.15, 0.2) is 0 Å². The van der Waals surface area contributed by atoms with Crippen LogP contribution in [0.2, 0.25) is 0 Å². The van der Waals surface area contributed by atoms with Gasteiger partial charge in [0, 0.05) is 23.9 Å². The molecule has 1 aliphatic carbocycles. The van der Waals surface area contributed by atoms with Gasteiger partial charge in [-0.05, 0) is 30.0 Å². The van der Waals surface area contributed by atoms with E-state index in [0.717, 1.165) is 12.8 Å². The van der Waals surface area contributed by atoms with Crippen LogP contribution in [0.25, 0.3) is 0 Å². The van der Waals surface area contributed by atoms with Crippen molar-refractivity contribution < 1.29 is 0 Å². The third kappa shape index (κ3) is 1.85. The van der Waals surface area contributed by atoms with Crippen molar-refractivity contribution in [2.24, 2.45) is 5.73 Å². The van der Waals surface area contributed by atoms with Gasteiger partial charge in [0.2, 0.25) is 0 Å². The van der Waals surface area contributed by atoms with Crippen LogP contribution in [0.15, 0.2) is 48.7 Å². The topological polar surface area (TPSA) is 38.9 Å². The summed E-state index contributed by atoms with van der Waals surface area (Å²) in [6.07, 6.45) is 4.09. The second-order valence-electron chi connectivity index (χ2n) is 4.63. The summed E-state index contributed by atoms with van der Waals surface area (Å²) in [5, 5.41) is 0. The Morgan fingerprint density at radius 1 is 1.12 bits per heavy atom. The highest BCUT2D eigenvalue weighted by Crippen LogP contribution is 2.38. The van der Waals surface area contributed by atoms with Crippen molar-refractivity contribution >= 4 is 0 Å². The summed E-state index contributed by atoms with van der Waals surface area (Å²) in [7, 11) is 0. The number of hydrogen-bond donors (Lipinski definition) is 1. The van der Waals surface area contributed by atoms with Crippen molar-refractivity contribution in [1.29, 1.82) is 0 Å². The fourth-order valence-corrected chi connectivity index (χ4v) is 2.70. The molecule has 0 fully saturated rings. The van der Waals surface area contributed by atoms with Crippen molar-refractivity contribution in [3.05, 3.63) is 65.5 Å². The molecule has 0 amide bonds. The Hall–Kier alpha value is -1.67. The summed E-state index contributed by atoms with van der Waals surface area (Å²) in [6.45, 7) is 0. The molecule has 2 heteroatoms. The van der Waals surface area contributed by atoms with Gasteiger partial charge in [-0.15, -0.1) is 0 Å². The van der Waals surface area contributed by atoms with E-state index in [-0.39, 0.29) is 6.04 Å². The maximum Gasteiger partial charge on any atom is 0.0485 e. The SMILES string of the molecule is NC(c1ccccc1)C1CCc2cccnc21. The molecule has 2 N–H and O–H groups in total. The molecule has 2 unspecified atom stereocenters. The summed E-state index contributed by atoms with van der Waals surface area (Å²) in [6, 6.07) is 14.6. The molecular formula is C15H16N2. The van der Waals surface area contributed by atoms with Gasteiger partial charge in [-0.3, -0.25) is 4.98 Å². The molecule has 17 heavy (non-hydrogen) atoms. The first kappa shape index (κ1) is 10.5. The number of hydrogen-bond acceptors (Lipinski definition) is 2. The first-order chi connectivity index (χ1) is 8.36. The van der Waals surface area contributed by atoms with E-state index in [0.29, 0.717) is 5.92 Å². The lowest BCUT2D eigenvalue weighted by atomic mass is 9.92. The zero-order valence-electron chi connectivity index (χ0n) is 9.71. The number of nitrogens with two attached hydrogens (primary N) is 1. The van der Waals surface area contributed by atoms with E-state index in [2.05, 4.69) is 23.2 Å². The lowest BCUT2D eigenvalue weighted by Gasteiger charge is -2.19. The van der Waals surface area contributed by atoms with E-state index in [1.807, 2.05) is 30.5 Å². The second kappa shape index (κ2) is 4.30. The lowest BCUT2D eigenvalue weighted by molar-refractivity contribution is 0.541. The molecule has 86 valence electrons. The van der Waals surface area contributed by atoms with Gasteiger partial charge in [-0.25, -0.2) is 0 Å². The van der Waals surface area contributed by atoms with Gasteiger partial charge >= 0.3 is 0 Å². The molecule has 0 spiro atoms. The summed E-state index contributed by atoms with van der Waals surface area (Å²) in [5.41, 5.74) is 10.1. The molecule has 1 aromatic heterocycles. The van der Waals surface area contributed by atoms with Crippen LogP contribution in [0.3, 0.4) is 0 Å². The predicted octanol–water partition coefficient (Wildman–Crippen LogP) is 2.81. The minimum atomic E-state index is 0.0624. The minimum Gasteiger partial charge on any atom is -0.323 e. The van der Waals surface area contributed by atoms with Gasteiger partial charge in [0.1, 0.15) is 0 Å². The normalized spacial score (nSPS) is 19.9. The number of pyridine rings is 1. The van der Waals surface area contributed by atoms with Crippen LogP contribution in [0.1, 0.15) is 35.2 Å². The molecule has 2 atom stereocenters. The average molecular weight is 224 g/mol. The molecule has 0 radical (unpaired) electrons. The van der Waals surface area contributed by atoms with Crippen molar-refractivity contribution in [2.75, 3.05) is 0 Å². The predicted molar refractivity (Wildman–Crippen MR) is 68.7 cm³/mol. The highest BCUT2D eigenvalue weighted by molar-refractivity contribution is 5.33. The fraction of sp³-hybridized carbons (Fsp3) is 0.267. The van der Waals surface area contributed by atoms with E-state index >= 15 is 0 Å². The number of fused-ring (bicyclic) bond motifs is 1. The Balaban J connectivity index is 1.92. The van der Waals surface area contributed by atoms with E-state index < -0.39 is 0 Å². The third-order valence-corrected chi connectivity index (χ3v) is 3.62. The Bertz CT molecular complexity index is 507. The van der Waals surface area contributed by atoms with Crippen LogP contribution in [-0.4, -0.2) is 4.98 Å². The zero-order chi connectivity index (χ0) is 11.7. The lowest BCUT2D eigenvalue weighted by Crippen LogP contribution is -2.18. The molecule has 3 rings (SSSR count). The highest BCUT2D eigenvalue weighted by Gasteiger charge is 2.29. The summed E-state index contributed by atoms with van der Waals surface area (Å²) in [5.74, 6) is 0.369. The number of rotatable bonds is 2. The highest BCUT2D eigenvalue weighted by atomic mass is 14.8. The number of nitrogens with zero attached hydrogens (tertiary/aromatic N) is 1. The Labute approximate surface area is 102 Å². The smallest absolute Gasteiger partial charge is 0.0485 e. The average Bonchev–Trinajstić information content (AvgIpc) is 2.83. The van der Waals surface area contributed by atoms with Crippen LogP contribution in [0.5, 0.6) is 0 Å². The number of aromatic nitrogens is 1. The van der Waals surface area contributed by atoms with Crippen molar-refractivity contribution in [3.8, 4) is 0 Å². The van der Waals surface area contributed by atoms with Crippen molar-refractivity contribution in [1.82, 2.24) is 4.98 Å². The Kier molecular flexibility index (Phi) is 2.65. The third-order valence-electron chi connectivity index (χ3n) is 3.62. The molecule has 0 bridgehead atoms. The van der Waals surface area contributed by atoms with E-state index in [4.69, 9.17) is 5.73 Å². The molecule has 2 nitrogen and oxygen atoms in total. The van der Waals surface area contributed by atoms with Gasteiger partial charge in [0.25, 0.3) is 0 Å². The summed E-state index contributed by atoms with van der Waals surface area (Å²) in [4.78, 5) is 4.51. The molecular weight excluding hydrogens is 208 g/mol.